The van der Waals surface area contributed by atoms with E-state index in [1.54, 1.807) is 36.4 Å². The number of nitrogens with zero attached hydrogens (tertiary/aromatic N) is 3. The number of fused-ring (bicyclic) bond motifs is 1. The highest BCUT2D eigenvalue weighted by Crippen LogP contribution is 2.34. The number of aromatic nitrogens is 1. The van der Waals surface area contributed by atoms with Gasteiger partial charge in [0.1, 0.15) is 6.54 Å². The third kappa shape index (κ3) is 5.57. The van der Waals surface area contributed by atoms with E-state index in [1.165, 1.54) is 12.1 Å². The minimum absolute atomic E-state index is 0.0175. The molecule has 2 heterocycles. The summed E-state index contributed by atoms with van der Waals surface area (Å²) in [6.45, 7) is 1.85. The first-order valence-electron chi connectivity index (χ1n) is 11.8. The van der Waals surface area contributed by atoms with Crippen molar-refractivity contribution >= 4 is 68.8 Å². The fourth-order valence-corrected chi connectivity index (χ4v) is 5.28. The van der Waals surface area contributed by atoms with Crippen LogP contribution in [0.1, 0.15) is 16.7 Å². The Bertz CT molecular complexity index is 1680. The third-order valence-corrected chi connectivity index (χ3v) is 7.40. The number of anilines is 1. The smallest absolute Gasteiger partial charge is 0.294 e. The molecule has 5 rings (SSSR count). The lowest BCUT2D eigenvalue weighted by atomic mass is 10.1. The summed E-state index contributed by atoms with van der Waals surface area (Å²) >= 11 is 6.79. The molecule has 0 atom stereocenters. The molecule has 11 heteroatoms. The van der Waals surface area contributed by atoms with Crippen molar-refractivity contribution < 1.29 is 19.3 Å². The Morgan fingerprint density at radius 1 is 1.10 bits per heavy atom. The van der Waals surface area contributed by atoms with Crippen LogP contribution in [0.4, 0.5) is 16.2 Å². The molecule has 1 saturated heterocycles. The number of nitro benzene ring substituents is 1. The lowest BCUT2D eigenvalue weighted by Gasteiger charge is -2.13. The van der Waals surface area contributed by atoms with Gasteiger partial charge in [-0.25, -0.2) is 0 Å². The maximum absolute atomic E-state index is 13.1. The van der Waals surface area contributed by atoms with Crippen LogP contribution in [0, 0.1) is 17.0 Å². The number of hydrogen-bond donors (Lipinski definition) is 1. The molecule has 0 unspecified atom stereocenters. The van der Waals surface area contributed by atoms with Crippen molar-refractivity contribution in [3.8, 4) is 0 Å². The molecule has 196 valence electrons. The van der Waals surface area contributed by atoms with Gasteiger partial charge in [-0.15, -0.1) is 0 Å². The van der Waals surface area contributed by atoms with E-state index in [0.717, 1.165) is 44.3 Å². The number of carbonyl (C=O) groups excluding carboxylic acids is 3. The molecule has 0 radical (unpaired) electrons. The van der Waals surface area contributed by atoms with E-state index in [1.807, 2.05) is 42.0 Å². The van der Waals surface area contributed by atoms with Gasteiger partial charge in [0.25, 0.3) is 16.8 Å². The third-order valence-electron chi connectivity index (χ3n) is 6.26. The van der Waals surface area contributed by atoms with Crippen LogP contribution in [0.2, 0.25) is 5.02 Å². The van der Waals surface area contributed by atoms with Crippen LogP contribution in [0.25, 0.3) is 17.0 Å². The number of benzene rings is 3. The number of para-hydroxylation sites is 1. The van der Waals surface area contributed by atoms with E-state index in [9.17, 15) is 24.5 Å². The molecule has 0 spiro atoms. The van der Waals surface area contributed by atoms with E-state index in [-0.39, 0.29) is 10.6 Å². The SMILES string of the molecule is Cc1ccc(Cl)cc1NC(=O)CN1C(=O)S/C(=C\c2cn(Cc3ccc([N+](=O)[O-])cc3)c3ccccc23)C1=O. The molecule has 1 aromatic heterocycles. The summed E-state index contributed by atoms with van der Waals surface area (Å²) in [7, 11) is 0. The molecule has 3 amide bonds. The zero-order valence-corrected chi connectivity index (χ0v) is 22.2. The van der Waals surface area contributed by atoms with Crippen molar-refractivity contribution in [1.82, 2.24) is 9.47 Å². The molecule has 9 nitrogen and oxygen atoms in total. The Hall–Kier alpha value is -4.41. The van der Waals surface area contributed by atoms with Gasteiger partial charge in [-0.2, -0.15) is 0 Å². The summed E-state index contributed by atoms with van der Waals surface area (Å²) in [6.07, 6.45) is 3.52. The average Bonchev–Trinajstić information content (AvgIpc) is 3.38. The topological polar surface area (TPSA) is 115 Å². The maximum atomic E-state index is 13.1. The van der Waals surface area contributed by atoms with Crippen LogP contribution in [0.5, 0.6) is 0 Å². The standard InChI is InChI=1S/C28H21ClN4O5S/c1-17-6-9-20(29)13-23(17)30-26(34)16-32-27(35)25(39-28(32)36)12-19-15-31(24-5-3-2-4-22(19)24)14-18-7-10-21(11-8-18)33(37)38/h2-13,15H,14,16H2,1H3,(H,30,34)/b25-12-. The summed E-state index contributed by atoms with van der Waals surface area (Å²) in [5.41, 5.74) is 3.83. The number of imide groups is 1. The second-order valence-electron chi connectivity index (χ2n) is 8.93. The van der Waals surface area contributed by atoms with Gasteiger partial charge in [0.2, 0.25) is 5.91 Å². The summed E-state index contributed by atoms with van der Waals surface area (Å²) < 4.78 is 1.98. The van der Waals surface area contributed by atoms with Gasteiger partial charge in [0.15, 0.2) is 0 Å². The normalized spacial score (nSPS) is 14.4. The number of nitrogens with one attached hydrogen (secondary N) is 1. The first-order valence-corrected chi connectivity index (χ1v) is 13.0. The van der Waals surface area contributed by atoms with E-state index in [2.05, 4.69) is 5.32 Å². The first kappa shape index (κ1) is 26.2. The number of aryl methyl sites for hydroxylation is 1. The highest BCUT2D eigenvalue weighted by Gasteiger charge is 2.36. The predicted octanol–water partition coefficient (Wildman–Crippen LogP) is 6.23. The van der Waals surface area contributed by atoms with Crippen LogP contribution in [-0.4, -0.2) is 38.0 Å². The molecular weight excluding hydrogens is 540 g/mol. The first-order chi connectivity index (χ1) is 18.7. The molecule has 3 aromatic carbocycles. The van der Waals surface area contributed by atoms with Crippen LogP contribution in [-0.2, 0) is 16.1 Å². The fourth-order valence-electron chi connectivity index (χ4n) is 4.28. The van der Waals surface area contributed by atoms with Gasteiger partial charge in [-0.3, -0.25) is 29.4 Å². The molecule has 39 heavy (non-hydrogen) atoms. The van der Waals surface area contributed by atoms with Gasteiger partial charge < -0.3 is 9.88 Å². The summed E-state index contributed by atoms with van der Waals surface area (Å²) in [4.78, 5) is 50.0. The van der Waals surface area contributed by atoms with E-state index in [0.29, 0.717) is 17.3 Å². The predicted molar refractivity (Wildman–Crippen MR) is 152 cm³/mol. The molecular formula is C28H21ClN4O5S. The Labute approximate surface area is 232 Å². The Kier molecular flexibility index (Phi) is 7.23. The van der Waals surface area contributed by atoms with E-state index in [4.69, 9.17) is 11.6 Å². The molecule has 0 aliphatic carbocycles. The highest BCUT2D eigenvalue weighted by atomic mass is 35.5. The zero-order valence-electron chi connectivity index (χ0n) is 20.6. The van der Waals surface area contributed by atoms with Crippen LogP contribution in [0.3, 0.4) is 0 Å². The lowest BCUT2D eigenvalue weighted by molar-refractivity contribution is -0.384. The van der Waals surface area contributed by atoms with Crippen molar-refractivity contribution in [2.75, 3.05) is 11.9 Å². The van der Waals surface area contributed by atoms with Gasteiger partial charge in [-0.05, 0) is 54.1 Å². The number of carbonyl (C=O) groups is 3. The highest BCUT2D eigenvalue weighted by molar-refractivity contribution is 8.18. The zero-order chi connectivity index (χ0) is 27.7. The van der Waals surface area contributed by atoms with Crippen molar-refractivity contribution in [1.29, 1.82) is 0 Å². The van der Waals surface area contributed by atoms with Gasteiger partial charge in [-0.1, -0.05) is 48.0 Å². The van der Waals surface area contributed by atoms with Gasteiger partial charge in [0, 0.05) is 52.1 Å². The number of rotatable bonds is 7. The van der Waals surface area contributed by atoms with Crippen LogP contribution >= 0.6 is 23.4 Å². The minimum Gasteiger partial charge on any atom is -0.342 e. The summed E-state index contributed by atoms with van der Waals surface area (Å²) in [6, 6.07) is 19.0. The lowest BCUT2D eigenvalue weighted by Crippen LogP contribution is -2.36. The van der Waals surface area contributed by atoms with Crippen molar-refractivity contribution in [2.24, 2.45) is 0 Å². The van der Waals surface area contributed by atoms with Crippen molar-refractivity contribution in [2.45, 2.75) is 13.5 Å². The number of non-ortho nitro benzene ring substituents is 1. The molecule has 1 aliphatic heterocycles. The van der Waals surface area contributed by atoms with Crippen LogP contribution in [0.15, 0.2) is 77.8 Å². The fraction of sp³-hybridized carbons (Fsp3) is 0.107. The Morgan fingerprint density at radius 2 is 1.85 bits per heavy atom. The molecule has 1 fully saturated rings. The number of halogens is 1. The second kappa shape index (κ2) is 10.8. The van der Waals surface area contributed by atoms with Crippen molar-refractivity contribution in [3.63, 3.8) is 0 Å². The minimum atomic E-state index is -0.546. The number of thioether (sulfide) groups is 1. The largest absolute Gasteiger partial charge is 0.342 e. The maximum Gasteiger partial charge on any atom is 0.294 e. The van der Waals surface area contributed by atoms with E-state index < -0.39 is 28.5 Å². The number of hydrogen-bond acceptors (Lipinski definition) is 6. The molecule has 0 bridgehead atoms. The monoisotopic (exact) mass is 560 g/mol. The summed E-state index contributed by atoms with van der Waals surface area (Å²) in [5, 5.41) is 14.5. The van der Waals surface area contributed by atoms with Gasteiger partial charge in [0.05, 0.1) is 9.83 Å². The second-order valence-corrected chi connectivity index (χ2v) is 10.4. The quantitative estimate of drug-likeness (QED) is 0.163. The van der Waals surface area contributed by atoms with Gasteiger partial charge >= 0.3 is 0 Å². The van der Waals surface area contributed by atoms with E-state index >= 15 is 0 Å². The molecule has 1 N–H and O–H groups in total. The van der Waals surface area contributed by atoms with Crippen LogP contribution < -0.4 is 5.32 Å². The molecule has 4 aromatic rings. The number of nitro groups is 1. The van der Waals surface area contributed by atoms with Crippen molar-refractivity contribution in [3.05, 3.63) is 110 Å². The average molecular weight is 561 g/mol. The molecule has 1 aliphatic rings. The summed E-state index contributed by atoms with van der Waals surface area (Å²) in [5.74, 6) is -1.06. The Balaban J connectivity index is 1.36. The molecule has 0 saturated carbocycles. The Morgan fingerprint density at radius 3 is 2.59 bits per heavy atom. The number of amides is 3.